The molecule has 0 radical (unpaired) electrons. The maximum absolute atomic E-state index is 11.9. The van der Waals surface area contributed by atoms with E-state index in [-0.39, 0.29) is 6.03 Å². The number of urea groups is 1. The van der Waals surface area contributed by atoms with Crippen LogP contribution in [-0.2, 0) is 6.42 Å². The van der Waals surface area contributed by atoms with Crippen molar-refractivity contribution in [1.82, 2.24) is 10.2 Å². The molecule has 2 aromatic carbocycles. The number of aromatic nitrogens is 2. The number of para-hydroxylation sites is 1. The van der Waals surface area contributed by atoms with Gasteiger partial charge in [0, 0.05) is 11.4 Å². The van der Waals surface area contributed by atoms with Gasteiger partial charge in [0.2, 0.25) is 5.13 Å². The Morgan fingerprint density at radius 1 is 0.958 bits per heavy atom. The highest BCUT2D eigenvalue weighted by Crippen LogP contribution is 2.26. The van der Waals surface area contributed by atoms with Gasteiger partial charge in [-0.2, -0.15) is 0 Å². The summed E-state index contributed by atoms with van der Waals surface area (Å²) >= 11 is 3.02. The average molecular weight is 356 g/mol. The monoisotopic (exact) mass is 356 g/mol. The molecule has 0 fully saturated rings. The van der Waals surface area contributed by atoms with Crippen molar-refractivity contribution in [2.24, 2.45) is 0 Å². The Labute approximate surface area is 148 Å². The smallest absolute Gasteiger partial charge is 0.308 e. The molecule has 7 heteroatoms. The van der Waals surface area contributed by atoms with Crippen LogP contribution in [0, 0.1) is 0 Å². The molecule has 1 aromatic heterocycles. The van der Waals surface area contributed by atoms with Crippen molar-refractivity contribution in [3.8, 4) is 0 Å². The summed E-state index contributed by atoms with van der Waals surface area (Å²) in [6.07, 6.45) is 0.975. The van der Waals surface area contributed by atoms with Gasteiger partial charge >= 0.3 is 6.03 Å². The predicted molar refractivity (Wildman–Crippen MR) is 99.9 cm³/mol. The van der Waals surface area contributed by atoms with Crippen molar-refractivity contribution in [1.29, 1.82) is 0 Å². The van der Waals surface area contributed by atoms with Crippen LogP contribution in [0.2, 0.25) is 0 Å². The fourth-order valence-electron chi connectivity index (χ4n) is 2.00. The molecule has 1 heterocycles. The molecule has 0 spiro atoms. The van der Waals surface area contributed by atoms with E-state index in [9.17, 15) is 4.79 Å². The summed E-state index contributed by atoms with van der Waals surface area (Å²) in [6.45, 7) is 0. The van der Waals surface area contributed by atoms with Gasteiger partial charge in [-0.05, 0) is 24.1 Å². The Morgan fingerprint density at radius 2 is 1.67 bits per heavy atom. The Bertz CT molecular complexity index is 778. The highest BCUT2D eigenvalue weighted by Gasteiger charge is 2.08. The van der Waals surface area contributed by atoms with Crippen molar-refractivity contribution < 1.29 is 4.79 Å². The topological polar surface area (TPSA) is 66.9 Å². The Hall–Kier alpha value is -2.38. The lowest BCUT2D eigenvalue weighted by atomic mass is 10.2. The number of carbonyl (C=O) groups is 1. The van der Waals surface area contributed by atoms with E-state index in [0.717, 1.165) is 22.2 Å². The zero-order valence-corrected chi connectivity index (χ0v) is 14.4. The fraction of sp³-hybridized carbons (Fsp3) is 0.118. The van der Waals surface area contributed by atoms with Crippen molar-refractivity contribution in [2.45, 2.75) is 10.8 Å². The molecule has 3 rings (SSSR count). The van der Waals surface area contributed by atoms with E-state index >= 15 is 0 Å². The number of amides is 2. The first-order chi connectivity index (χ1) is 11.8. The molecule has 2 amide bonds. The van der Waals surface area contributed by atoms with Crippen LogP contribution in [0.25, 0.3) is 0 Å². The number of rotatable bonds is 6. The molecular weight excluding hydrogens is 340 g/mol. The number of hydrogen-bond acceptors (Lipinski definition) is 5. The highest BCUT2D eigenvalue weighted by atomic mass is 32.2. The van der Waals surface area contributed by atoms with E-state index in [1.54, 1.807) is 11.8 Å². The molecule has 122 valence electrons. The van der Waals surface area contributed by atoms with Gasteiger partial charge in [0.1, 0.15) is 0 Å². The maximum Gasteiger partial charge on any atom is 0.325 e. The summed E-state index contributed by atoms with van der Waals surface area (Å²) in [5, 5.41) is 14.0. The Balaban J connectivity index is 1.46. The second-order valence-electron chi connectivity index (χ2n) is 4.90. The van der Waals surface area contributed by atoms with Gasteiger partial charge in [-0.25, -0.2) is 4.79 Å². The maximum atomic E-state index is 11.9. The number of nitrogens with zero attached hydrogens (tertiary/aromatic N) is 2. The van der Waals surface area contributed by atoms with Gasteiger partial charge < -0.3 is 5.32 Å². The third kappa shape index (κ3) is 5.07. The first kappa shape index (κ1) is 16.5. The molecule has 24 heavy (non-hydrogen) atoms. The van der Waals surface area contributed by atoms with Crippen molar-refractivity contribution >= 4 is 39.9 Å². The second-order valence-corrected chi connectivity index (χ2v) is 7.22. The first-order valence-electron chi connectivity index (χ1n) is 7.43. The van der Waals surface area contributed by atoms with Gasteiger partial charge in [-0.15, -0.1) is 10.2 Å². The number of hydrogen-bond donors (Lipinski definition) is 2. The summed E-state index contributed by atoms with van der Waals surface area (Å²) < 4.78 is 0.848. The van der Waals surface area contributed by atoms with Crippen LogP contribution in [0.3, 0.4) is 0 Å². The number of aryl methyl sites for hydroxylation is 1. The molecule has 3 aromatic rings. The Morgan fingerprint density at radius 3 is 2.42 bits per heavy atom. The van der Waals surface area contributed by atoms with Crippen LogP contribution in [-0.4, -0.2) is 22.0 Å². The second kappa shape index (κ2) is 8.47. The molecule has 0 aliphatic carbocycles. The zero-order chi connectivity index (χ0) is 16.6. The van der Waals surface area contributed by atoms with Gasteiger partial charge in [0.25, 0.3) is 0 Å². The van der Waals surface area contributed by atoms with Gasteiger partial charge in [-0.1, -0.05) is 71.6 Å². The van der Waals surface area contributed by atoms with E-state index in [2.05, 4.69) is 33.0 Å². The molecule has 0 bridgehead atoms. The molecule has 0 aliphatic rings. The van der Waals surface area contributed by atoms with Crippen LogP contribution in [0.4, 0.5) is 15.6 Å². The Kier molecular flexibility index (Phi) is 5.81. The van der Waals surface area contributed by atoms with Crippen LogP contribution >= 0.6 is 23.1 Å². The van der Waals surface area contributed by atoms with Crippen LogP contribution in [0.1, 0.15) is 5.56 Å². The van der Waals surface area contributed by atoms with Crippen molar-refractivity contribution in [3.63, 3.8) is 0 Å². The highest BCUT2D eigenvalue weighted by molar-refractivity contribution is 8.01. The summed E-state index contributed by atoms with van der Waals surface area (Å²) in [6, 6.07) is 19.3. The molecule has 0 atom stereocenters. The van der Waals surface area contributed by atoms with E-state index in [0.29, 0.717) is 5.13 Å². The normalized spacial score (nSPS) is 10.3. The predicted octanol–water partition coefficient (Wildman–Crippen LogP) is 4.52. The standard InChI is InChI=1S/C17H16N4OS2/c22-15(18-14-9-5-2-6-10-14)19-16-20-21-17(24-16)23-12-11-13-7-3-1-4-8-13/h1-10H,11-12H2,(H2,18,19,20,22). The lowest BCUT2D eigenvalue weighted by molar-refractivity contribution is 0.262. The number of carbonyl (C=O) groups excluding carboxylic acids is 1. The molecule has 5 nitrogen and oxygen atoms in total. The lowest BCUT2D eigenvalue weighted by Gasteiger charge is -2.03. The largest absolute Gasteiger partial charge is 0.325 e. The molecule has 0 saturated heterocycles. The third-order valence-corrected chi connectivity index (χ3v) is 5.09. The number of anilines is 2. The quantitative estimate of drug-likeness (QED) is 0.503. The van der Waals surface area contributed by atoms with E-state index in [4.69, 9.17) is 0 Å². The van der Waals surface area contributed by atoms with Gasteiger partial charge in [0.05, 0.1) is 0 Å². The van der Waals surface area contributed by atoms with Crippen molar-refractivity contribution in [2.75, 3.05) is 16.4 Å². The van der Waals surface area contributed by atoms with E-state index < -0.39 is 0 Å². The van der Waals surface area contributed by atoms with Gasteiger partial charge in [-0.3, -0.25) is 5.32 Å². The summed E-state index contributed by atoms with van der Waals surface area (Å²) in [5.41, 5.74) is 2.03. The molecule has 0 unspecified atom stereocenters. The molecule has 2 N–H and O–H groups in total. The molecule has 0 aliphatic heterocycles. The SMILES string of the molecule is O=C(Nc1ccccc1)Nc1nnc(SCCc2ccccc2)s1. The zero-order valence-electron chi connectivity index (χ0n) is 12.8. The fourth-order valence-corrected chi connectivity index (χ4v) is 3.81. The number of thioether (sulfide) groups is 1. The number of benzene rings is 2. The van der Waals surface area contributed by atoms with Crippen LogP contribution in [0.15, 0.2) is 65.0 Å². The third-order valence-electron chi connectivity index (χ3n) is 3.12. The first-order valence-corrected chi connectivity index (χ1v) is 9.23. The minimum atomic E-state index is -0.321. The van der Waals surface area contributed by atoms with E-state index in [1.165, 1.54) is 16.9 Å². The van der Waals surface area contributed by atoms with Crippen LogP contribution in [0.5, 0.6) is 0 Å². The minimum Gasteiger partial charge on any atom is -0.308 e. The van der Waals surface area contributed by atoms with Crippen LogP contribution < -0.4 is 10.6 Å². The van der Waals surface area contributed by atoms with Crippen molar-refractivity contribution in [3.05, 3.63) is 66.2 Å². The molecule has 0 saturated carbocycles. The lowest BCUT2D eigenvalue weighted by Crippen LogP contribution is -2.19. The average Bonchev–Trinajstić information content (AvgIpc) is 3.04. The molecular formula is C17H16N4OS2. The van der Waals surface area contributed by atoms with Gasteiger partial charge in [0.15, 0.2) is 4.34 Å². The van der Waals surface area contributed by atoms with E-state index in [1.807, 2.05) is 48.5 Å². The summed E-state index contributed by atoms with van der Waals surface area (Å²) in [4.78, 5) is 11.9. The minimum absolute atomic E-state index is 0.321. The summed E-state index contributed by atoms with van der Waals surface area (Å²) in [5.74, 6) is 0.925. The summed E-state index contributed by atoms with van der Waals surface area (Å²) in [7, 11) is 0. The number of nitrogens with one attached hydrogen (secondary N) is 2.